The molecule has 2 N–H and O–H groups in total. The lowest BCUT2D eigenvalue weighted by Crippen LogP contribution is -2.37. The van der Waals surface area contributed by atoms with E-state index in [2.05, 4.69) is 15.3 Å². The van der Waals surface area contributed by atoms with Crippen LogP contribution in [-0.2, 0) is 9.59 Å². The van der Waals surface area contributed by atoms with E-state index in [0.717, 1.165) is 40.3 Å². The van der Waals surface area contributed by atoms with Crippen molar-refractivity contribution in [2.75, 3.05) is 11.9 Å². The summed E-state index contributed by atoms with van der Waals surface area (Å²) in [5, 5.41) is 2.51. The molecule has 2 aromatic carbocycles. The number of aromatic amines is 1. The van der Waals surface area contributed by atoms with Crippen molar-refractivity contribution in [1.29, 1.82) is 0 Å². The summed E-state index contributed by atoms with van der Waals surface area (Å²) in [5.41, 5.74) is 2.72. The molecule has 0 radical (unpaired) electrons. The monoisotopic (exact) mass is 392 g/mol. The molecule has 2 aliphatic rings. The third kappa shape index (κ3) is 3.05. The SMILES string of the molecule is O=C1Nc2ccccc2S[C@@H]1CC(=O)N1CCC[C@@H]1c1nc2ccccc2[nH]1. The summed E-state index contributed by atoms with van der Waals surface area (Å²) >= 11 is 1.47. The molecule has 1 aromatic heterocycles. The number of nitrogens with one attached hydrogen (secondary N) is 2. The fraction of sp³-hybridized carbons (Fsp3) is 0.286. The van der Waals surface area contributed by atoms with E-state index in [4.69, 9.17) is 0 Å². The van der Waals surface area contributed by atoms with Crippen LogP contribution in [0.15, 0.2) is 53.4 Å². The summed E-state index contributed by atoms with van der Waals surface area (Å²) in [6.07, 6.45) is 2.03. The first-order valence-electron chi connectivity index (χ1n) is 9.50. The van der Waals surface area contributed by atoms with Gasteiger partial charge in [0, 0.05) is 17.9 Å². The van der Waals surface area contributed by atoms with E-state index in [-0.39, 0.29) is 24.3 Å². The lowest BCUT2D eigenvalue weighted by atomic mass is 10.2. The van der Waals surface area contributed by atoms with Crippen LogP contribution in [0.5, 0.6) is 0 Å². The molecule has 2 atom stereocenters. The molecule has 3 aromatic rings. The fourth-order valence-electron chi connectivity index (χ4n) is 3.98. The quantitative estimate of drug-likeness (QED) is 0.712. The van der Waals surface area contributed by atoms with Crippen LogP contribution in [0, 0.1) is 0 Å². The minimum absolute atomic E-state index is 0.00925. The second kappa shape index (κ2) is 6.98. The minimum atomic E-state index is -0.403. The van der Waals surface area contributed by atoms with Gasteiger partial charge < -0.3 is 15.2 Å². The summed E-state index contributed by atoms with van der Waals surface area (Å²) in [5.74, 6) is 0.740. The van der Waals surface area contributed by atoms with E-state index < -0.39 is 5.25 Å². The lowest BCUT2D eigenvalue weighted by Gasteiger charge is -2.27. The molecule has 1 saturated heterocycles. The van der Waals surface area contributed by atoms with E-state index in [1.54, 1.807) is 0 Å². The third-order valence-corrected chi connectivity index (χ3v) is 6.64. The van der Waals surface area contributed by atoms with Crippen LogP contribution < -0.4 is 5.32 Å². The lowest BCUT2D eigenvalue weighted by molar-refractivity contribution is -0.133. The summed E-state index contributed by atoms with van der Waals surface area (Å²) in [6.45, 7) is 0.705. The number of para-hydroxylation sites is 3. The number of thioether (sulfide) groups is 1. The van der Waals surface area contributed by atoms with Gasteiger partial charge in [0.25, 0.3) is 0 Å². The highest BCUT2D eigenvalue weighted by molar-refractivity contribution is 8.01. The highest BCUT2D eigenvalue weighted by atomic mass is 32.2. The molecular weight excluding hydrogens is 372 g/mol. The molecule has 3 heterocycles. The zero-order chi connectivity index (χ0) is 19.1. The van der Waals surface area contributed by atoms with Crippen LogP contribution >= 0.6 is 11.8 Å². The molecule has 2 aliphatic heterocycles. The van der Waals surface area contributed by atoms with Crippen molar-refractivity contribution >= 4 is 40.3 Å². The smallest absolute Gasteiger partial charge is 0.238 e. The van der Waals surface area contributed by atoms with Crippen molar-refractivity contribution in [3.05, 3.63) is 54.4 Å². The van der Waals surface area contributed by atoms with Crippen LogP contribution in [-0.4, -0.2) is 38.5 Å². The van der Waals surface area contributed by atoms with Crippen molar-refractivity contribution in [2.24, 2.45) is 0 Å². The number of rotatable bonds is 3. The Kier molecular flexibility index (Phi) is 4.31. The van der Waals surface area contributed by atoms with Gasteiger partial charge >= 0.3 is 0 Å². The Bertz CT molecular complexity index is 1030. The maximum absolute atomic E-state index is 13.1. The van der Waals surface area contributed by atoms with Crippen molar-refractivity contribution in [3.63, 3.8) is 0 Å². The second-order valence-corrected chi connectivity index (χ2v) is 8.42. The van der Waals surface area contributed by atoms with Gasteiger partial charge in [-0.2, -0.15) is 0 Å². The number of hydrogen-bond acceptors (Lipinski definition) is 4. The molecule has 0 spiro atoms. The molecule has 0 saturated carbocycles. The second-order valence-electron chi connectivity index (χ2n) is 7.18. The van der Waals surface area contributed by atoms with Gasteiger partial charge in [-0.1, -0.05) is 24.3 Å². The Morgan fingerprint density at radius 3 is 2.89 bits per heavy atom. The number of imidazole rings is 1. The predicted octanol–water partition coefficient (Wildman–Crippen LogP) is 3.73. The topological polar surface area (TPSA) is 78.1 Å². The van der Waals surface area contributed by atoms with E-state index in [9.17, 15) is 9.59 Å². The first-order valence-corrected chi connectivity index (χ1v) is 10.4. The first kappa shape index (κ1) is 17.3. The third-order valence-electron chi connectivity index (χ3n) is 5.36. The molecule has 0 bridgehead atoms. The first-order chi connectivity index (χ1) is 13.7. The average Bonchev–Trinajstić information content (AvgIpc) is 3.35. The van der Waals surface area contributed by atoms with Gasteiger partial charge in [0.15, 0.2) is 0 Å². The van der Waals surface area contributed by atoms with Crippen LogP contribution in [0.2, 0.25) is 0 Å². The molecule has 1 fully saturated rings. The number of likely N-dealkylation sites (tertiary alicyclic amines) is 1. The molecule has 0 aliphatic carbocycles. The Morgan fingerprint density at radius 1 is 1.18 bits per heavy atom. The Hall–Kier alpha value is -2.80. The van der Waals surface area contributed by atoms with Gasteiger partial charge in [0.1, 0.15) is 5.82 Å². The molecular formula is C21H20N4O2S. The Labute approximate surface area is 166 Å². The van der Waals surface area contributed by atoms with Crippen molar-refractivity contribution in [3.8, 4) is 0 Å². The van der Waals surface area contributed by atoms with E-state index in [1.807, 2.05) is 53.4 Å². The van der Waals surface area contributed by atoms with Gasteiger partial charge in [-0.25, -0.2) is 4.98 Å². The number of amides is 2. The van der Waals surface area contributed by atoms with Crippen molar-refractivity contribution in [2.45, 2.75) is 35.4 Å². The number of aromatic nitrogens is 2. The zero-order valence-electron chi connectivity index (χ0n) is 15.2. The maximum Gasteiger partial charge on any atom is 0.238 e. The number of H-pyrrole nitrogens is 1. The van der Waals surface area contributed by atoms with Gasteiger partial charge in [-0.3, -0.25) is 9.59 Å². The van der Waals surface area contributed by atoms with E-state index in [0.29, 0.717) is 6.54 Å². The number of carbonyl (C=O) groups excluding carboxylic acids is 2. The number of fused-ring (bicyclic) bond motifs is 2. The number of benzene rings is 2. The summed E-state index contributed by atoms with van der Waals surface area (Å²) in [4.78, 5) is 36.4. The number of carbonyl (C=O) groups is 2. The number of nitrogens with zero attached hydrogens (tertiary/aromatic N) is 2. The molecule has 5 rings (SSSR count). The van der Waals surface area contributed by atoms with Crippen LogP contribution in [0.4, 0.5) is 5.69 Å². The van der Waals surface area contributed by atoms with Crippen LogP contribution in [0.25, 0.3) is 11.0 Å². The molecule has 0 unspecified atom stereocenters. The summed E-state index contributed by atoms with van der Waals surface area (Å²) in [6, 6.07) is 15.5. The summed E-state index contributed by atoms with van der Waals surface area (Å²) < 4.78 is 0. The Morgan fingerprint density at radius 2 is 2.00 bits per heavy atom. The normalized spacial score (nSPS) is 21.6. The molecule has 2 amide bonds. The molecule has 142 valence electrons. The van der Waals surface area contributed by atoms with E-state index in [1.165, 1.54) is 11.8 Å². The van der Waals surface area contributed by atoms with Crippen LogP contribution in [0.3, 0.4) is 0 Å². The standard InChI is InChI=1S/C21H20N4O2S/c26-19(12-18-21(27)24-15-8-3-4-10-17(15)28-18)25-11-5-9-16(25)20-22-13-6-1-2-7-14(13)23-20/h1-4,6-8,10,16,18H,5,9,11-12H2,(H,22,23)(H,24,27)/t16-,18-/m1/s1. The fourth-order valence-corrected chi connectivity index (χ4v) is 5.08. The number of anilines is 1. The molecule has 6 nitrogen and oxygen atoms in total. The highest BCUT2D eigenvalue weighted by Gasteiger charge is 2.36. The average molecular weight is 392 g/mol. The minimum Gasteiger partial charge on any atom is -0.340 e. The molecule has 28 heavy (non-hydrogen) atoms. The number of hydrogen-bond donors (Lipinski definition) is 2. The Balaban J connectivity index is 1.34. The predicted molar refractivity (Wildman–Crippen MR) is 109 cm³/mol. The maximum atomic E-state index is 13.1. The highest BCUT2D eigenvalue weighted by Crippen LogP contribution is 2.38. The van der Waals surface area contributed by atoms with Crippen molar-refractivity contribution in [1.82, 2.24) is 14.9 Å². The van der Waals surface area contributed by atoms with Crippen LogP contribution in [0.1, 0.15) is 31.1 Å². The van der Waals surface area contributed by atoms with Gasteiger partial charge in [0.05, 0.1) is 28.0 Å². The van der Waals surface area contributed by atoms with Crippen molar-refractivity contribution < 1.29 is 9.59 Å². The van der Waals surface area contributed by atoms with E-state index >= 15 is 0 Å². The van der Waals surface area contributed by atoms with Gasteiger partial charge in [-0.05, 0) is 37.1 Å². The largest absolute Gasteiger partial charge is 0.340 e. The van der Waals surface area contributed by atoms with Gasteiger partial charge in [-0.15, -0.1) is 11.8 Å². The van der Waals surface area contributed by atoms with Gasteiger partial charge in [0.2, 0.25) is 11.8 Å². The molecule has 7 heteroatoms. The zero-order valence-corrected chi connectivity index (χ0v) is 16.0. The summed E-state index contributed by atoms with van der Waals surface area (Å²) in [7, 11) is 0.